The molecule has 0 radical (unpaired) electrons. The molecule has 1 aliphatic heterocycles. The molecule has 3 N–H and O–H groups in total. The van der Waals surface area contributed by atoms with Crippen LogP contribution in [-0.2, 0) is 14.8 Å². The molecule has 1 aromatic carbocycles. The third kappa shape index (κ3) is 9.28. The first kappa shape index (κ1) is 31.6. The number of anilines is 2. The fourth-order valence-corrected chi connectivity index (χ4v) is 4.50. The van der Waals surface area contributed by atoms with E-state index in [-0.39, 0.29) is 16.5 Å². The second-order valence-corrected chi connectivity index (χ2v) is 10.2. The van der Waals surface area contributed by atoms with Crippen LogP contribution in [0.15, 0.2) is 41.4 Å². The highest BCUT2D eigenvalue weighted by Gasteiger charge is 2.38. The van der Waals surface area contributed by atoms with Crippen molar-refractivity contribution in [2.24, 2.45) is 0 Å². The van der Waals surface area contributed by atoms with Gasteiger partial charge in [-0.05, 0) is 36.8 Å². The van der Waals surface area contributed by atoms with Crippen LogP contribution in [0.1, 0.15) is 30.1 Å². The number of carbonyl (C=O) groups excluding carboxylic acids is 1. The molecular weight excluding hydrogens is 543 g/mol. The molecule has 1 aliphatic rings. The summed E-state index contributed by atoms with van der Waals surface area (Å²) in [6, 6.07) is 7.68. The summed E-state index contributed by atoms with van der Waals surface area (Å²) in [5.41, 5.74) is 0.632. The molecule has 216 valence electrons. The highest BCUT2D eigenvalue weighted by atomic mass is 32.2. The summed E-state index contributed by atoms with van der Waals surface area (Å²) in [6.07, 6.45) is -1.76. The Balaban J connectivity index is 0.000000673. The third-order valence-electron chi connectivity index (χ3n) is 5.57. The molecule has 0 aliphatic carbocycles. The van der Waals surface area contributed by atoms with Gasteiger partial charge in [0.05, 0.1) is 29.5 Å². The van der Waals surface area contributed by atoms with Gasteiger partial charge in [-0.1, -0.05) is 13.3 Å². The van der Waals surface area contributed by atoms with E-state index in [2.05, 4.69) is 26.8 Å². The summed E-state index contributed by atoms with van der Waals surface area (Å²) >= 11 is 0. The lowest BCUT2D eigenvalue weighted by Gasteiger charge is -2.30. The quantitative estimate of drug-likeness (QED) is 0.412. The first-order valence-corrected chi connectivity index (χ1v) is 13.5. The summed E-state index contributed by atoms with van der Waals surface area (Å²) in [5.74, 6) is -1.79. The van der Waals surface area contributed by atoms with E-state index in [0.29, 0.717) is 23.7 Å². The average Bonchev–Trinajstić information content (AvgIpc) is 2.91. The topological polar surface area (TPSA) is 141 Å². The number of pyridine rings is 1. The van der Waals surface area contributed by atoms with Crippen LogP contribution in [0.3, 0.4) is 0 Å². The molecule has 15 heteroatoms. The summed E-state index contributed by atoms with van der Waals surface area (Å²) in [5, 5.41) is 10.4. The van der Waals surface area contributed by atoms with Gasteiger partial charge in [0.15, 0.2) is 0 Å². The van der Waals surface area contributed by atoms with E-state index in [0.717, 1.165) is 39.0 Å². The maximum absolute atomic E-state index is 13.2. The third-order valence-corrected chi connectivity index (χ3v) is 6.97. The lowest BCUT2D eigenvalue weighted by atomic mass is 10.1. The zero-order valence-electron chi connectivity index (χ0n) is 21.8. The van der Waals surface area contributed by atoms with Crippen LogP contribution in [0.5, 0.6) is 5.75 Å². The van der Waals surface area contributed by atoms with Crippen molar-refractivity contribution in [3.8, 4) is 5.75 Å². The van der Waals surface area contributed by atoms with Gasteiger partial charge in [-0.3, -0.25) is 9.52 Å². The van der Waals surface area contributed by atoms with E-state index in [4.69, 9.17) is 14.6 Å². The first-order chi connectivity index (χ1) is 18.3. The number of sulfonamides is 1. The summed E-state index contributed by atoms with van der Waals surface area (Å²) < 4.78 is 65.1. The fraction of sp³-hybridized carbons (Fsp3) is 0.458. The van der Waals surface area contributed by atoms with Gasteiger partial charge in [0.25, 0.3) is 15.9 Å². The van der Waals surface area contributed by atoms with E-state index in [9.17, 15) is 26.4 Å². The van der Waals surface area contributed by atoms with Gasteiger partial charge in [-0.2, -0.15) is 13.2 Å². The van der Waals surface area contributed by atoms with E-state index in [1.165, 1.54) is 25.4 Å². The Kier molecular flexibility index (Phi) is 11.3. The van der Waals surface area contributed by atoms with Crippen molar-refractivity contribution in [3.63, 3.8) is 0 Å². The minimum atomic E-state index is -5.08. The highest BCUT2D eigenvalue weighted by molar-refractivity contribution is 7.92. The van der Waals surface area contributed by atoms with Crippen LogP contribution < -0.4 is 19.7 Å². The molecule has 0 unspecified atom stereocenters. The predicted octanol–water partition coefficient (Wildman–Crippen LogP) is 2.81. The van der Waals surface area contributed by atoms with Crippen molar-refractivity contribution in [3.05, 3.63) is 42.1 Å². The number of carbonyl (C=O) groups is 2. The van der Waals surface area contributed by atoms with Crippen LogP contribution >= 0.6 is 0 Å². The number of amides is 1. The summed E-state index contributed by atoms with van der Waals surface area (Å²) in [7, 11) is -0.572. The molecule has 1 fully saturated rings. The molecule has 2 heterocycles. The van der Waals surface area contributed by atoms with Gasteiger partial charge in [-0.25, -0.2) is 18.2 Å². The molecule has 1 amide bonds. The molecule has 1 aromatic heterocycles. The molecule has 0 atom stereocenters. The normalized spacial score (nSPS) is 13.6. The number of methoxy groups -OCH3 is 1. The van der Waals surface area contributed by atoms with Crippen LogP contribution in [0.2, 0.25) is 0 Å². The SMILES string of the molecule is CCCCN(C)C(=O)c1cc(NS(=O)(=O)c2ccc(OC)cc2)cnc1N1CCNCC1.O=C(O)C(F)(F)F. The number of halogens is 3. The zero-order chi connectivity index (χ0) is 29.2. The zero-order valence-corrected chi connectivity index (χ0v) is 22.6. The van der Waals surface area contributed by atoms with Gasteiger partial charge in [0.1, 0.15) is 11.6 Å². The Morgan fingerprint density at radius 1 is 1.21 bits per heavy atom. The number of hydrogen-bond acceptors (Lipinski definition) is 8. The molecule has 0 saturated carbocycles. The van der Waals surface area contributed by atoms with E-state index in [1.807, 2.05) is 0 Å². The summed E-state index contributed by atoms with van der Waals surface area (Å²) in [4.78, 5) is 30.4. The lowest BCUT2D eigenvalue weighted by Crippen LogP contribution is -2.45. The number of benzene rings is 1. The Labute approximate surface area is 225 Å². The van der Waals surface area contributed by atoms with Crippen molar-refractivity contribution >= 4 is 33.4 Å². The minimum Gasteiger partial charge on any atom is -0.497 e. The van der Waals surface area contributed by atoms with Crippen molar-refractivity contribution in [2.45, 2.75) is 30.8 Å². The van der Waals surface area contributed by atoms with Crippen LogP contribution in [-0.4, -0.2) is 88.3 Å². The Morgan fingerprint density at radius 3 is 2.31 bits per heavy atom. The molecule has 0 spiro atoms. The van der Waals surface area contributed by atoms with Crippen LogP contribution in [0.4, 0.5) is 24.7 Å². The second kappa shape index (κ2) is 14.0. The van der Waals surface area contributed by atoms with Crippen molar-refractivity contribution < 1.29 is 41.0 Å². The average molecular weight is 576 g/mol. The number of nitrogens with zero attached hydrogens (tertiary/aromatic N) is 3. The number of hydrogen-bond donors (Lipinski definition) is 3. The smallest absolute Gasteiger partial charge is 0.490 e. The predicted molar refractivity (Wildman–Crippen MR) is 139 cm³/mol. The Bertz CT molecular complexity index is 1220. The minimum absolute atomic E-state index is 0.0948. The molecule has 0 bridgehead atoms. The van der Waals surface area contributed by atoms with E-state index >= 15 is 0 Å². The molecule has 1 saturated heterocycles. The monoisotopic (exact) mass is 575 g/mol. The fourth-order valence-electron chi connectivity index (χ4n) is 3.47. The van der Waals surface area contributed by atoms with Crippen LogP contribution in [0.25, 0.3) is 0 Å². The molecule has 39 heavy (non-hydrogen) atoms. The number of alkyl halides is 3. The number of rotatable bonds is 9. The number of piperazine rings is 1. The van der Waals surface area contributed by atoms with Gasteiger partial charge in [-0.15, -0.1) is 0 Å². The van der Waals surface area contributed by atoms with Gasteiger partial charge < -0.3 is 25.0 Å². The Morgan fingerprint density at radius 2 is 1.79 bits per heavy atom. The highest BCUT2D eigenvalue weighted by Crippen LogP contribution is 2.25. The number of carboxylic acid groups (broad SMARTS) is 1. The molecule has 11 nitrogen and oxygen atoms in total. The second-order valence-electron chi connectivity index (χ2n) is 8.50. The van der Waals surface area contributed by atoms with Crippen molar-refractivity contribution in [1.29, 1.82) is 0 Å². The first-order valence-electron chi connectivity index (χ1n) is 12.0. The van der Waals surface area contributed by atoms with Gasteiger partial charge in [0, 0.05) is 39.8 Å². The molecule has 2 aromatic rings. The Hall–Kier alpha value is -3.59. The van der Waals surface area contributed by atoms with Crippen LogP contribution in [0, 0.1) is 0 Å². The largest absolute Gasteiger partial charge is 0.497 e. The summed E-state index contributed by atoms with van der Waals surface area (Å²) in [6.45, 7) is 5.74. The van der Waals surface area contributed by atoms with Gasteiger partial charge >= 0.3 is 12.1 Å². The van der Waals surface area contributed by atoms with E-state index in [1.54, 1.807) is 30.1 Å². The standard InChI is InChI=1S/C22H31N5O4S.C2HF3O2/c1-4-5-12-26(2)22(28)20-15-17(16-24-21(20)27-13-10-23-11-14-27)25-32(29,30)19-8-6-18(31-3)7-9-19;3-2(4,5)1(6)7/h6-9,15-16,23,25H,4-5,10-14H2,1-3H3;(H,6,7). The number of aromatic nitrogens is 1. The maximum Gasteiger partial charge on any atom is 0.490 e. The van der Waals surface area contributed by atoms with Crippen molar-refractivity contribution in [1.82, 2.24) is 15.2 Å². The number of unbranched alkanes of at least 4 members (excludes halogenated alkanes) is 1. The number of ether oxygens (including phenoxy) is 1. The lowest BCUT2D eigenvalue weighted by molar-refractivity contribution is -0.192. The van der Waals surface area contributed by atoms with Crippen molar-refractivity contribution in [2.75, 3.05) is 56.5 Å². The number of carboxylic acids is 1. The molecular formula is C24H32F3N5O6S. The number of nitrogens with one attached hydrogen (secondary N) is 2. The van der Waals surface area contributed by atoms with Gasteiger partial charge in [0.2, 0.25) is 0 Å². The maximum atomic E-state index is 13.2. The van der Waals surface area contributed by atoms with E-state index < -0.39 is 22.2 Å². The number of aliphatic carboxylic acids is 1. The molecule has 3 rings (SSSR count).